The van der Waals surface area contributed by atoms with Gasteiger partial charge in [-0.05, 0) is 48.9 Å². The van der Waals surface area contributed by atoms with Crippen LogP contribution in [0.3, 0.4) is 0 Å². The first-order chi connectivity index (χ1) is 13.7. The van der Waals surface area contributed by atoms with Crippen molar-refractivity contribution >= 4 is 29.1 Å². The molecule has 3 heterocycles. The maximum absolute atomic E-state index is 12.8. The van der Waals surface area contributed by atoms with Gasteiger partial charge >= 0.3 is 6.03 Å². The summed E-state index contributed by atoms with van der Waals surface area (Å²) in [6, 6.07) is 9.23. The SMILES string of the molecule is CCN(C(=O)Nc1cccnc1)c1ccc2c(c1)C(=Cc1cnc[nH]1)CCO2. The topological polar surface area (TPSA) is 83.1 Å². The average Bonchev–Trinajstić information content (AvgIpc) is 3.23. The fourth-order valence-electron chi connectivity index (χ4n) is 3.22. The lowest BCUT2D eigenvalue weighted by molar-refractivity contribution is 0.257. The van der Waals surface area contributed by atoms with E-state index in [1.54, 1.807) is 35.9 Å². The summed E-state index contributed by atoms with van der Waals surface area (Å²) in [6.45, 7) is 3.11. The third kappa shape index (κ3) is 3.73. The van der Waals surface area contributed by atoms with E-state index >= 15 is 0 Å². The van der Waals surface area contributed by atoms with E-state index in [2.05, 4.69) is 26.3 Å². The minimum atomic E-state index is -0.203. The van der Waals surface area contributed by atoms with Crippen molar-refractivity contribution in [2.24, 2.45) is 0 Å². The van der Waals surface area contributed by atoms with Crippen LogP contribution in [0.4, 0.5) is 16.2 Å². The first-order valence-corrected chi connectivity index (χ1v) is 9.19. The predicted molar refractivity (Wildman–Crippen MR) is 109 cm³/mol. The molecular weight excluding hydrogens is 354 g/mol. The van der Waals surface area contributed by atoms with Gasteiger partial charge in [-0.1, -0.05) is 0 Å². The third-order valence-electron chi connectivity index (χ3n) is 4.57. The summed E-state index contributed by atoms with van der Waals surface area (Å²) in [4.78, 5) is 25.7. The summed E-state index contributed by atoms with van der Waals surface area (Å²) < 4.78 is 5.80. The highest BCUT2D eigenvalue weighted by Crippen LogP contribution is 2.36. The molecule has 0 spiro atoms. The first kappa shape index (κ1) is 17.8. The number of pyridine rings is 1. The van der Waals surface area contributed by atoms with E-state index in [1.165, 1.54) is 0 Å². The Kier molecular flexibility index (Phi) is 5.05. The number of aromatic nitrogens is 3. The van der Waals surface area contributed by atoms with Crippen molar-refractivity contribution in [2.75, 3.05) is 23.4 Å². The number of nitrogens with one attached hydrogen (secondary N) is 2. The first-order valence-electron chi connectivity index (χ1n) is 9.19. The van der Waals surface area contributed by atoms with Crippen LogP contribution >= 0.6 is 0 Å². The molecule has 0 unspecified atom stereocenters. The standard InChI is InChI=1S/C21H21N5O2/c1-2-26(21(27)25-16-4-3-8-22-12-16)18-5-6-20-19(11-18)15(7-9-28-20)10-17-13-23-14-24-17/h3-6,8,10-14H,2,7,9H2,1H3,(H,23,24)(H,25,27). The second kappa shape index (κ2) is 7.96. The Hall–Kier alpha value is -3.61. The van der Waals surface area contributed by atoms with Crippen LogP contribution in [-0.2, 0) is 0 Å². The maximum Gasteiger partial charge on any atom is 0.326 e. The second-order valence-corrected chi connectivity index (χ2v) is 6.37. The number of urea groups is 1. The van der Waals surface area contributed by atoms with Crippen LogP contribution in [0.15, 0.2) is 55.2 Å². The number of anilines is 2. The van der Waals surface area contributed by atoms with Crippen molar-refractivity contribution in [1.29, 1.82) is 0 Å². The predicted octanol–water partition coefficient (Wildman–Crippen LogP) is 4.19. The van der Waals surface area contributed by atoms with Crippen molar-refractivity contribution < 1.29 is 9.53 Å². The van der Waals surface area contributed by atoms with E-state index in [0.29, 0.717) is 18.8 Å². The molecule has 3 aromatic rings. The maximum atomic E-state index is 12.8. The van der Waals surface area contributed by atoms with E-state index in [-0.39, 0.29) is 6.03 Å². The zero-order valence-electron chi connectivity index (χ0n) is 15.6. The van der Waals surface area contributed by atoms with E-state index in [9.17, 15) is 4.79 Å². The number of hydrogen-bond donors (Lipinski definition) is 2. The number of rotatable bonds is 4. The van der Waals surface area contributed by atoms with E-state index < -0.39 is 0 Å². The number of ether oxygens (including phenoxy) is 1. The van der Waals surface area contributed by atoms with Crippen molar-refractivity contribution in [3.63, 3.8) is 0 Å². The van der Waals surface area contributed by atoms with Crippen LogP contribution in [0.2, 0.25) is 0 Å². The fraction of sp³-hybridized carbons (Fsp3) is 0.190. The number of fused-ring (bicyclic) bond motifs is 1. The number of carbonyl (C=O) groups is 1. The smallest absolute Gasteiger partial charge is 0.326 e. The molecule has 2 N–H and O–H groups in total. The van der Waals surface area contributed by atoms with Gasteiger partial charge in [0.1, 0.15) is 5.75 Å². The summed E-state index contributed by atoms with van der Waals surface area (Å²) in [5.74, 6) is 0.824. The molecule has 0 aliphatic carbocycles. The number of imidazole rings is 1. The van der Waals surface area contributed by atoms with Crippen LogP contribution in [0.25, 0.3) is 11.6 Å². The van der Waals surface area contributed by atoms with Gasteiger partial charge in [-0.2, -0.15) is 0 Å². The second-order valence-electron chi connectivity index (χ2n) is 6.37. The Bertz CT molecular complexity index is 983. The number of nitrogens with zero attached hydrogens (tertiary/aromatic N) is 3. The number of carbonyl (C=O) groups excluding carboxylic acids is 1. The summed E-state index contributed by atoms with van der Waals surface area (Å²) in [5, 5.41) is 2.88. The molecule has 0 atom stereocenters. The normalized spacial score (nSPS) is 14.2. The Morgan fingerprint density at radius 1 is 1.32 bits per heavy atom. The zero-order chi connectivity index (χ0) is 19.3. The van der Waals surface area contributed by atoms with Crippen molar-refractivity contribution in [2.45, 2.75) is 13.3 Å². The number of amides is 2. The van der Waals surface area contributed by atoms with Crippen molar-refractivity contribution in [3.8, 4) is 5.75 Å². The molecule has 7 heteroatoms. The Morgan fingerprint density at radius 3 is 3.00 bits per heavy atom. The van der Waals surface area contributed by atoms with Crippen molar-refractivity contribution in [3.05, 3.63) is 66.5 Å². The van der Waals surface area contributed by atoms with Gasteiger partial charge in [-0.15, -0.1) is 0 Å². The molecule has 1 aliphatic heterocycles. The van der Waals surface area contributed by atoms with Crippen LogP contribution < -0.4 is 15.0 Å². The van der Waals surface area contributed by atoms with Crippen LogP contribution in [0.1, 0.15) is 24.6 Å². The summed E-state index contributed by atoms with van der Waals surface area (Å²) in [5.41, 5.74) is 4.55. The monoisotopic (exact) mass is 375 g/mol. The minimum Gasteiger partial charge on any atom is -0.493 e. The highest BCUT2D eigenvalue weighted by molar-refractivity contribution is 6.02. The van der Waals surface area contributed by atoms with Gasteiger partial charge in [0, 0.05) is 30.4 Å². The Morgan fingerprint density at radius 2 is 2.25 bits per heavy atom. The molecule has 2 aromatic heterocycles. The van der Waals surface area contributed by atoms with Gasteiger partial charge in [0.05, 0.1) is 36.7 Å². The van der Waals surface area contributed by atoms with Crippen molar-refractivity contribution in [1.82, 2.24) is 15.0 Å². The molecule has 0 saturated heterocycles. The van der Waals surface area contributed by atoms with Gasteiger partial charge in [-0.3, -0.25) is 9.88 Å². The lowest BCUT2D eigenvalue weighted by Crippen LogP contribution is -2.34. The molecule has 1 aliphatic rings. The Labute approximate surface area is 163 Å². The van der Waals surface area contributed by atoms with Gasteiger partial charge in [-0.25, -0.2) is 9.78 Å². The molecule has 28 heavy (non-hydrogen) atoms. The van der Waals surface area contributed by atoms with Crippen LogP contribution in [0, 0.1) is 0 Å². The molecule has 0 fully saturated rings. The van der Waals surface area contributed by atoms with E-state index in [1.807, 2.05) is 31.2 Å². The molecule has 142 valence electrons. The third-order valence-corrected chi connectivity index (χ3v) is 4.57. The molecule has 1 aromatic carbocycles. The van der Waals surface area contributed by atoms with Gasteiger partial charge in [0.2, 0.25) is 0 Å². The molecule has 0 radical (unpaired) electrons. The van der Waals surface area contributed by atoms with Gasteiger partial charge < -0.3 is 15.0 Å². The average molecular weight is 375 g/mol. The molecule has 7 nitrogen and oxygen atoms in total. The Balaban J connectivity index is 1.63. The van der Waals surface area contributed by atoms with Gasteiger partial charge in [0.15, 0.2) is 0 Å². The molecule has 4 rings (SSSR count). The van der Waals surface area contributed by atoms with Crippen LogP contribution in [0.5, 0.6) is 5.75 Å². The minimum absolute atomic E-state index is 0.203. The fourth-order valence-corrected chi connectivity index (χ4v) is 3.22. The number of H-pyrrole nitrogens is 1. The summed E-state index contributed by atoms with van der Waals surface area (Å²) in [6.07, 6.45) is 9.60. The van der Waals surface area contributed by atoms with E-state index in [4.69, 9.17) is 4.74 Å². The number of benzene rings is 1. The quantitative estimate of drug-likeness (QED) is 0.716. The number of hydrogen-bond acceptors (Lipinski definition) is 4. The highest BCUT2D eigenvalue weighted by atomic mass is 16.5. The largest absolute Gasteiger partial charge is 0.493 e. The summed E-state index contributed by atoms with van der Waals surface area (Å²) in [7, 11) is 0. The lowest BCUT2D eigenvalue weighted by Gasteiger charge is -2.25. The lowest BCUT2D eigenvalue weighted by atomic mass is 9.98. The summed E-state index contributed by atoms with van der Waals surface area (Å²) >= 11 is 0. The van der Waals surface area contributed by atoms with Gasteiger partial charge in [0.25, 0.3) is 0 Å². The zero-order valence-corrected chi connectivity index (χ0v) is 15.6. The molecular formula is C21H21N5O2. The van der Waals surface area contributed by atoms with E-state index in [0.717, 1.165) is 34.7 Å². The molecule has 0 bridgehead atoms. The molecule has 0 saturated carbocycles. The number of aromatic amines is 1. The van der Waals surface area contributed by atoms with Crippen LogP contribution in [-0.4, -0.2) is 34.1 Å². The highest BCUT2D eigenvalue weighted by Gasteiger charge is 2.20. The molecule has 2 amide bonds.